The van der Waals surface area contributed by atoms with E-state index in [-0.39, 0.29) is 11.8 Å². The van der Waals surface area contributed by atoms with E-state index in [1.807, 2.05) is 61.5 Å². The van der Waals surface area contributed by atoms with E-state index < -0.39 is 0 Å². The molecular weight excluding hydrogens is 416 g/mol. The predicted octanol–water partition coefficient (Wildman–Crippen LogP) is 4.80. The number of amides is 2. The number of anilines is 4. The number of nitrogens with one attached hydrogen (secondary N) is 3. The van der Waals surface area contributed by atoms with Crippen molar-refractivity contribution >= 4 is 34.8 Å². The molecule has 0 bridgehead atoms. The average molecular weight is 438 g/mol. The van der Waals surface area contributed by atoms with Crippen LogP contribution in [0.25, 0.3) is 11.3 Å². The Hall–Kier alpha value is -4.59. The van der Waals surface area contributed by atoms with E-state index in [1.54, 1.807) is 12.1 Å². The molecule has 0 unspecified atom stereocenters. The maximum absolute atomic E-state index is 12.7. The van der Waals surface area contributed by atoms with E-state index >= 15 is 0 Å². The van der Waals surface area contributed by atoms with Crippen LogP contribution in [-0.2, 0) is 4.79 Å². The first-order valence-corrected chi connectivity index (χ1v) is 10.3. The van der Waals surface area contributed by atoms with E-state index in [0.717, 1.165) is 16.9 Å². The number of nitrogens with zero attached hydrogens (tertiary/aromatic N) is 3. The molecule has 4 rings (SSSR count). The van der Waals surface area contributed by atoms with Gasteiger partial charge in [0, 0.05) is 41.7 Å². The molecule has 2 amide bonds. The summed E-state index contributed by atoms with van der Waals surface area (Å²) in [5, 5.41) is 8.71. The zero-order chi connectivity index (χ0) is 23.2. The van der Waals surface area contributed by atoms with Crippen LogP contribution in [0.3, 0.4) is 0 Å². The third-order valence-electron chi connectivity index (χ3n) is 4.63. The summed E-state index contributed by atoms with van der Waals surface area (Å²) in [5.74, 6) is 1.05. The topological polar surface area (TPSA) is 109 Å². The van der Waals surface area contributed by atoms with Crippen LogP contribution in [-0.4, -0.2) is 26.8 Å². The van der Waals surface area contributed by atoms with Crippen LogP contribution < -0.4 is 16.0 Å². The minimum atomic E-state index is -0.314. The molecule has 0 aliphatic rings. The van der Waals surface area contributed by atoms with Crippen LogP contribution >= 0.6 is 0 Å². The first kappa shape index (κ1) is 21.6. The second-order valence-corrected chi connectivity index (χ2v) is 7.32. The molecule has 0 saturated carbocycles. The smallest absolute Gasteiger partial charge is 0.255 e. The first-order chi connectivity index (χ1) is 16.0. The molecule has 3 N–H and O–H groups in total. The molecule has 8 nitrogen and oxygen atoms in total. The van der Waals surface area contributed by atoms with Gasteiger partial charge < -0.3 is 16.0 Å². The Balaban J connectivity index is 1.50. The molecule has 0 atom stereocenters. The zero-order valence-corrected chi connectivity index (χ0v) is 18.2. The summed E-state index contributed by atoms with van der Waals surface area (Å²) >= 11 is 0. The lowest BCUT2D eigenvalue weighted by atomic mass is 10.1. The van der Waals surface area contributed by atoms with Crippen molar-refractivity contribution in [1.29, 1.82) is 0 Å². The molecule has 2 aromatic heterocycles. The number of rotatable bonds is 6. The fraction of sp³-hybridized carbons (Fsp3) is 0.0800. The minimum Gasteiger partial charge on any atom is -0.340 e. The highest BCUT2D eigenvalue weighted by Gasteiger charge is 2.10. The number of pyridine rings is 1. The van der Waals surface area contributed by atoms with Crippen LogP contribution in [0.5, 0.6) is 0 Å². The Kier molecular flexibility index (Phi) is 6.36. The fourth-order valence-corrected chi connectivity index (χ4v) is 3.23. The Morgan fingerprint density at radius 1 is 0.788 bits per heavy atom. The van der Waals surface area contributed by atoms with E-state index in [1.165, 1.54) is 19.2 Å². The number of aromatic nitrogens is 3. The third kappa shape index (κ3) is 5.76. The summed E-state index contributed by atoms with van der Waals surface area (Å²) in [4.78, 5) is 36.9. The van der Waals surface area contributed by atoms with Gasteiger partial charge in [-0.3, -0.25) is 9.59 Å². The summed E-state index contributed by atoms with van der Waals surface area (Å²) in [5.41, 5.74) is 3.58. The largest absolute Gasteiger partial charge is 0.340 e. The number of carbonyl (C=O) groups excluding carboxylic acids is 2. The highest BCUT2D eigenvalue weighted by molar-refractivity contribution is 6.05. The summed E-state index contributed by atoms with van der Waals surface area (Å²) in [6, 6.07) is 22.2. The van der Waals surface area contributed by atoms with Gasteiger partial charge in [-0.2, -0.15) is 0 Å². The van der Waals surface area contributed by atoms with E-state index in [0.29, 0.717) is 28.7 Å². The Bertz CT molecular complexity index is 1310. The standard InChI is InChI=1S/C25H22N6O2/c1-16-27-22(18-7-4-3-5-8-18)15-24(28-16)30-20-9-6-10-21(14-20)31-25(33)19-11-12-26-23(13-19)29-17(2)32/h3-15H,1-2H3,(H,31,33)(H,26,29,32)(H,27,28,30). The van der Waals surface area contributed by atoms with Crippen molar-refractivity contribution in [2.24, 2.45) is 0 Å². The van der Waals surface area contributed by atoms with Gasteiger partial charge in [0.1, 0.15) is 17.5 Å². The molecule has 0 radical (unpaired) electrons. The normalized spacial score (nSPS) is 10.4. The fourth-order valence-electron chi connectivity index (χ4n) is 3.23. The van der Waals surface area contributed by atoms with Crippen LogP contribution in [0.2, 0.25) is 0 Å². The second kappa shape index (κ2) is 9.69. The van der Waals surface area contributed by atoms with Gasteiger partial charge >= 0.3 is 0 Å². The number of aryl methyl sites for hydroxylation is 1. The van der Waals surface area contributed by atoms with Gasteiger partial charge in [0.2, 0.25) is 5.91 Å². The van der Waals surface area contributed by atoms with Crippen LogP contribution in [0, 0.1) is 6.92 Å². The van der Waals surface area contributed by atoms with Gasteiger partial charge in [0.25, 0.3) is 5.91 Å². The molecule has 8 heteroatoms. The molecule has 164 valence electrons. The maximum atomic E-state index is 12.7. The predicted molar refractivity (Wildman–Crippen MR) is 128 cm³/mol. The third-order valence-corrected chi connectivity index (χ3v) is 4.63. The first-order valence-electron chi connectivity index (χ1n) is 10.3. The SMILES string of the molecule is CC(=O)Nc1cc(C(=O)Nc2cccc(Nc3cc(-c4ccccc4)nc(C)n3)c2)ccn1. The lowest BCUT2D eigenvalue weighted by Gasteiger charge is -2.11. The van der Waals surface area contributed by atoms with Crippen molar-refractivity contribution in [3.05, 3.63) is 90.4 Å². The molecule has 2 heterocycles. The summed E-state index contributed by atoms with van der Waals surface area (Å²) < 4.78 is 0. The molecule has 4 aromatic rings. The molecule has 2 aromatic carbocycles. The lowest BCUT2D eigenvalue weighted by molar-refractivity contribution is -0.114. The molecule has 0 aliphatic carbocycles. The van der Waals surface area contributed by atoms with Crippen LogP contribution in [0.1, 0.15) is 23.1 Å². The molecular formula is C25H22N6O2. The van der Waals surface area contributed by atoms with Crippen molar-refractivity contribution < 1.29 is 9.59 Å². The average Bonchev–Trinajstić information content (AvgIpc) is 2.79. The Morgan fingerprint density at radius 2 is 1.58 bits per heavy atom. The zero-order valence-electron chi connectivity index (χ0n) is 18.2. The summed E-state index contributed by atoms with van der Waals surface area (Å²) in [6.07, 6.45) is 1.47. The molecule has 33 heavy (non-hydrogen) atoms. The monoisotopic (exact) mass is 438 g/mol. The molecule has 0 fully saturated rings. The van der Waals surface area contributed by atoms with Crippen molar-refractivity contribution in [3.8, 4) is 11.3 Å². The van der Waals surface area contributed by atoms with E-state index in [9.17, 15) is 9.59 Å². The number of carbonyl (C=O) groups is 2. The molecule has 0 aliphatic heterocycles. The highest BCUT2D eigenvalue weighted by atomic mass is 16.2. The van der Waals surface area contributed by atoms with Crippen molar-refractivity contribution in [2.75, 3.05) is 16.0 Å². The Labute approximate surface area is 191 Å². The summed E-state index contributed by atoms with van der Waals surface area (Å²) in [6.45, 7) is 3.23. The second-order valence-electron chi connectivity index (χ2n) is 7.32. The maximum Gasteiger partial charge on any atom is 0.255 e. The van der Waals surface area contributed by atoms with Crippen LogP contribution in [0.4, 0.5) is 23.0 Å². The highest BCUT2D eigenvalue weighted by Crippen LogP contribution is 2.24. The number of hydrogen-bond donors (Lipinski definition) is 3. The number of benzene rings is 2. The summed E-state index contributed by atoms with van der Waals surface area (Å²) in [7, 11) is 0. The van der Waals surface area contributed by atoms with Gasteiger partial charge in [-0.05, 0) is 37.3 Å². The molecule has 0 saturated heterocycles. The quantitative estimate of drug-likeness (QED) is 0.399. The van der Waals surface area contributed by atoms with Crippen LogP contribution in [0.15, 0.2) is 79.0 Å². The van der Waals surface area contributed by atoms with Gasteiger partial charge in [-0.1, -0.05) is 36.4 Å². The lowest BCUT2D eigenvalue weighted by Crippen LogP contribution is -2.14. The van der Waals surface area contributed by atoms with Crippen molar-refractivity contribution in [2.45, 2.75) is 13.8 Å². The van der Waals surface area contributed by atoms with Gasteiger partial charge in [-0.15, -0.1) is 0 Å². The van der Waals surface area contributed by atoms with E-state index in [4.69, 9.17) is 0 Å². The number of hydrogen-bond acceptors (Lipinski definition) is 6. The van der Waals surface area contributed by atoms with Crippen molar-refractivity contribution in [1.82, 2.24) is 15.0 Å². The minimum absolute atomic E-state index is 0.255. The van der Waals surface area contributed by atoms with E-state index in [2.05, 4.69) is 30.9 Å². The van der Waals surface area contributed by atoms with Crippen molar-refractivity contribution in [3.63, 3.8) is 0 Å². The van der Waals surface area contributed by atoms with Gasteiger partial charge in [0.15, 0.2) is 0 Å². The Morgan fingerprint density at radius 3 is 2.36 bits per heavy atom. The molecule has 0 spiro atoms. The van der Waals surface area contributed by atoms with Gasteiger partial charge in [0.05, 0.1) is 5.69 Å². The van der Waals surface area contributed by atoms with Gasteiger partial charge in [-0.25, -0.2) is 15.0 Å².